The molecule has 0 amide bonds. The van der Waals surface area contributed by atoms with Crippen molar-refractivity contribution in [1.82, 2.24) is 10.3 Å². The molecule has 0 aliphatic rings. The monoisotopic (exact) mass is 266 g/mol. The highest BCUT2D eigenvalue weighted by Gasteiger charge is 2.15. The first kappa shape index (κ1) is 12.7. The summed E-state index contributed by atoms with van der Waals surface area (Å²) in [4.78, 5) is 8.36. The molecule has 0 spiro atoms. The molecule has 0 aliphatic heterocycles. The summed E-state index contributed by atoms with van der Waals surface area (Å²) in [5.41, 5.74) is 3.31. The van der Waals surface area contributed by atoms with Gasteiger partial charge in [0.15, 0.2) is 0 Å². The fraction of sp³-hybridized carbons (Fsp3) is 0.462. The summed E-state index contributed by atoms with van der Waals surface area (Å²) in [6.45, 7) is 7.54. The van der Waals surface area contributed by atoms with Crippen molar-refractivity contribution in [1.29, 1.82) is 0 Å². The lowest BCUT2D eigenvalue weighted by atomic mass is 10.1. The fourth-order valence-electron chi connectivity index (χ4n) is 1.84. The van der Waals surface area contributed by atoms with Gasteiger partial charge in [0.05, 0.1) is 5.51 Å². The van der Waals surface area contributed by atoms with Crippen molar-refractivity contribution in [2.45, 2.75) is 33.2 Å². The predicted molar refractivity (Wildman–Crippen MR) is 76.0 cm³/mol. The molecule has 4 heteroatoms. The maximum atomic E-state index is 4.15. The molecule has 1 N–H and O–H groups in total. The first-order valence-electron chi connectivity index (χ1n) is 5.88. The molecule has 2 rings (SSSR count). The highest BCUT2D eigenvalue weighted by Crippen LogP contribution is 2.29. The lowest BCUT2D eigenvalue weighted by molar-refractivity contribution is 0.561. The maximum Gasteiger partial charge on any atom is 0.0794 e. The van der Waals surface area contributed by atoms with E-state index >= 15 is 0 Å². The minimum Gasteiger partial charge on any atom is -0.309 e. The van der Waals surface area contributed by atoms with E-state index < -0.39 is 0 Å². The molecule has 17 heavy (non-hydrogen) atoms. The molecule has 92 valence electrons. The number of hydrogen-bond donors (Lipinski definition) is 1. The maximum absolute atomic E-state index is 4.15. The summed E-state index contributed by atoms with van der Waals surface area (Å²) in [6, 6.07) is 2.74. The Bertz CT molecular complexity index is 440. The molecule has 0 bridgehead atoms. The number of aromatic nitrogens is 1. The van der Waals surface area contributed by atoms with Crippen LogP contribution in [0.2, 0.25) is 0 Å². The first-order chi connectivity index (χ1) is 8.20. The molecule has 0 saturated carbocycles. The standard InChI is InChI=1S/C13H18N2S2/c1-4-15-12(6-11-7-14-8-16-11)13-5-9(2)10(3)17-13/h5,7-8,12,15H,4,6H2,1-3H3. The Labute approximate surface area is 111 Å². The quantitative estimate of drug-likeness (QED) is 0.892. The van der Waals surface area contributed by atoms with E-state index in [9.17, 15) is 0 Å². The van der Waals surface area contributed by atoms with E-state index in [1.54, 1.807) is 11.3 Å². The van der Waals surface area contributed by atoms with Crippen LogP contribution in [0.25, 0.3) is 0 Å². The predicted octanol–water partition coefficient (Wildman–Crippen LogP) is 3.71. The normalized spacial score (nSPS) is 12.9. The minimum absolute atomic E-state index is 0.429. The molecule has 0 radical (unpaired) electrons. The van der Waals surface area contributed by atoms with Gasteiger partial charge in [-0.25, -0.2) is 0 Å². The molecule has 2 aromatic rings. The molecule has 1 unspecified atom stereocenters. The second kappa shape index (κ2) is 5.76. The summed E-state index contributed by atoms with van der Waals surface area (Å²) in [5, 5.41) is 3.57. The van der Waals surface area contributed by atoms with E-state index in [1.165, 1.54) is 20.2 Å². The van der Waals surface area contributed by atoms with Gasteiger partial charge in [0.25, 0.3) is 0 Å². The fourth-order valence-corrected chi connectivity index (χ4v) is 3.60. The Hall–Kier alpha value is -0.710. The van der Waals surface area contributed by atoms with Gasteiger partial charge in [0.2, 0.25) is 0 Å². The van der Waals surface area contributed by atoms with Gasteiger partial charge in [0.1, 0.15) is 0 Å². The van der Waals surface area contributed by atoms with Crippen LogP contribution in [0.5, 0.6) is 0 Å². The van der Waals surface area contributed by atoms with Crippen molar-refractivity contribution in [2.24, 2.45) is 0 Å². The topological polar surface area (TPSA) is 24.9 Å². The second-order valence-corrected chi connectivity index (χ2v) is 6.43. The van der Waals surface area contributed by atoms with Crippen LogP contribution in [0.1, 0.15) is 33.2 Å². The van der Waals surface area contributed by atoms with Gasteiger partial charge in [0, 0.05) is 33.3 Å². The number of nitrogens with zero attached hydrogens (tertiary/aromatic N) is 1. The zero-order valence-electron chi connectivity index (χ0n) is 10.5. The summed E-state index contributed by atoms with van der Waals surface area (Å²) >= 11 is 3.64. The van der Waals surface area contributed by atoms with Crippen LogP contribution in [0.15, 0.2) is 17.8 Å². The molecule has 0 saturated heterocycles. The van der Waals surface area contributed by atoms with Crippen molar-refractivity contribution >= 4 is 22.7 Å². The van der Waals surface area contributed by atoms with Crippen molar-refractivity contribution in [3.63, 3.8) is 0 Å². The highest BCUT2D eigenvalue weighted by molar-refractivity contribution is 7.12. The third-order valence-corrected chi connectivity index (χ3v) is 4.94. The number of thiophene rings is 1. The average molecular weight is 266 g/mol. The van der Waals surface area contributed by atoms with Gasteiger partial charge < -0.3 is 5.32 Å². The van der Waals surface area contributed by atoms with Gasteiger partial charge in [-0.1, -0.05) is 6.92 Å². The van der Waals surface area contributed by atoms with Gasteiger partial charge in [-0.3, -0.25) is 4.98 Å². The third-order valence-electron chi connectivity index (χ3n) is 2.87. The number of nitrogens with one attached hydrogen (secondary N) is 1. The number of thiazole rings is 1. The molecule has 2 nitrogen and oxygen atoms in total. The average Bonchev–Trinajstić information content (AvgIpc) is 2.90. The van der Waals surface area contributed by atoms with E-state index in [0.29, 0.717) is 6.04 Å². The Morgan fingerprint density at radius 1 is 1.41 bits per heavy atom. The molecule has 2 heterocycles. The van der Waals surface area contributed by atoms with Crippen LogP contribution < -0.4 is 5.32 Å². The number of likely N-dealkylation sites (N-methyl/N-ethyl adjacent to an activating group) is 1. The SMILES string of the molecule is CCNC(Cc1cncs1)c1cc(C)c(C)s1. The smallest absolute Gasteiger partial charge is 0.0794 e. The molecule has 0 fully saturated rings. The number of aryl methyl sites for hydroxylation is 2. The van der Waals surface area contributed by atoms with Crippen LogP contribution in [-0.2, 0) is 6.42 Å². The summed E-state index contributed by atoms with van der Waals surface area (Å²) < 4.78 is 0. The lowest BCUT2D eigenvalue weighted by Gasteiger charge is -2.15. The van der Waals surface area contributed by atoms with Crippen molar-refractivity contribution in [3.8, 4) is 0 Å². The zero-order chi connectivity index (χ0) is 12.3. The van der Waals surface area contributed by atoms with E-state index in [0.717, 1.165) is 13.0 Å². The first-order valence-corrected chi connectivity index (χ1v) is 7.58. The number of hydrogen-bond acceptors (Lipinski definition) is 4. The van der Waals surface area contributed by atoms with Crippen LogP contribution in [0.4, 0.5) is 0 Å². The Morgan fingerprint density at radius 2 is 2.24 bits per heavy atom. The van der Waals surface area contributed by atoms with Gasteiger partial charge in [-0.05, 0) is 32.0 Å². The molecule has 1 atom stereocenters. The molecule has 0 aliphatic carbocycles. The van der Waals surface area contributed by atoms with E-state index in [1.807, 2.05) is 23.0 Å². The van der Waals surface area contributed by atoms with Crippen molar-refractivity contribution in [3.05, 3.63) is 38.0 Å². The lowest BCUT2D eigenvalue weighted by Crippen LogP contribution is -2.21. The highest BCUT2D eigenvalue weighted by atomic mass is 32.1. The van der Waals surface area contributed by atoms with Crippen LogP contribution in [0, 0.1) is 13.8 Å². The Kier molecular flexibility index (Phi) is 4.31. The van der Waals surface area contributed by atoms with Gasteiger partial charge in [-0.15, -0.1) is 22.7 Å². The van der Waals surface area contributed by atoms with E-state index in [-0.39, 0.29) is 0 Å². The Balaban J connectivity index is 2.16. The second-order valence-electron chi connectivity index (χ2n) is 4.17. The zero-order valence-corrected chi connectivity index (χ0v) is 12.1. The van der Waals surface area contributed by atoms with Crippen LogP contribution >= 0.6 is 22.7 Å². The number of rotatable bonds is 5. The molecular formula is C13H18N2S2. The van der Waals surface area contributed by atoms with Crippen LogP contribution in [0.3, 0.4) is 0 Å². The molecular weight excluding hydrogens is 248 g/mol. The largest absolute Gasteiger partial charge is 0.309 e. The molecule has 0 aromatic carbocycles. The van der Waals surface area contributed by atoms with Gasteiger partial charge >= 0.3 is 0 Å². The summed E-state index contributed by atoms with van der Waals surface area (Å²) in [5.74, 6) is 0. The van der Waals surface area contributed by atoms with Crippen LogP contribution in [-0.4, -0.2) is 11.5 Å². The Morgan fingerprint density at radius 3 is 2.76 bits per heavy atom. The van der Waals surface area contributed by atoms with Crippen molar-refractivity contribution < 1.29 is 0 Å². The minimum atomic E-state index is 0.429. The van der Waals surface area contributed by atoms with E-state index in [2.05, 4.69) is 37.1 Å². The van der Waals surface area contributed by atoms with Gasteiger partial charge in [-0.2, -0.15) is 0 Å². The third kappa shape index (κ3) is 3.15. The molecule has 2 aromatic heterocycles. The van der Waals surface area contributed by atoms with Crippen molar-refractivity contribution in [2.75, 3.05) is 6.54 Å². The summed E-state index contributed by atoms with van der Waals surface area (Å²) in [7, 11) is 0. The summed E-state index contributed by atoms with van der Waals surface area (Å²) in [6.07, 6.45) is 3.01. The van der Waals surface area contributed by atoms with E-state index in [4.69, 9.17) is 0 Å².